The Hall–Kier alpha value is -1.54. The zero-order chi connectivity index (χ0) is 12.3. The normalized spacial score (nSPS) is 12.8. The topological polar surface area (TPSA) is 46.2 Å². The minimum atomic E-state index is 0.119. The predicted octanol–water partition coefficient (Wildman–Crippen LogP) is 3.74. The SMILES string of the molecule is CCCC[C@@H](N)c1ccc2cc(O)ccc2c1. The first-order chi connectivity index (χ1) is 8.20. The Labute approximate surface area is 102 Å². The molecule has 0 fully saturated rings. The molecule has 0 amide bonds. The summed E-state index contributed by atoms with van der Waals surface area (Å²) in [5.74, 6) is 0.306. The van der Waals surface area contributed by atoms with Gasteiger partial charge in [0.2, 0.25) is 0 Å². The third kappa shape index (κ3) is 2.77. The standard InChI is InChI=1S/C15H19NO/c1-2-3-4-15(16)13-6-5-12-10-14(17)8-7-11(12)9-13/h5-10,15,17H,2-4,16H2,1H3/t15-/m1/s1. The minimum absolute atomic E-state index is 0.119. The van der Waals surface area contributed by atoms with Gasteiger partial charge in [-0.05, 0) is 41.0 Å². The van der Waals surface area contributed by atoms with Crippen molar-refractivity contribution in [1.29, 1.82) is 0 Å². The molecule has 0 aliphatic rings. The molecule has 0 aromatic heterocycles. The van der Waals surface area contributed by atoms with Crippen LogP contribution in [-0.2, 0) is 0 Å². The molecule has 0 heterocycles. The molecule has 1 atom stereocenters. The number of nitrogens with two attached hydrogens (primary N) is 1. The van der Waals surface area contributed by atoms with E-state index >= 15 is 0 Å². The third-order valence-corrected chi connectivity index (χ3v) is 3.14. The number of unbranched alkanes of at least 4 members (excludes halogenated alkanes) is 1. The smallest absolute Gasteiger partial charge is 0.116 e. The van der Waals surface area contributed by atoms with Crippen molar-refractivity contribution in [3.8, 4) is 5.75 Å². The first-order valence-corrected chi connectivity index (χ1v) is 6.19. The lowest BCUT2D eigenvalue weighted by Crippen LogP contribution is -2.09. The first-order valence-electron chi connectivity index (χ1n) is 6.19. The van der Waals surface area contributed by atoms with Gasteiger partial charge in [0.25, 0.3) is 0 Å². The van der Waals surface area contributed by atoms with E-state index in [4.69, 9.17) is 5.73 Å². The van der Waals surface area contributed by atoms with E-state index in [1.54, 1.807) is 12.1 Å². The Balaban J connectivity index is 2.28. The van der Waals surface area contributed by atoms with Gasteiger partial charge in [-0.3, -0.25) is 0 Å². The van der Waals surface area contributed by atoms with Crippen LogP contribution in [0.1, 0.15) is 37.8 Å². The van der Waals surface area contributed by atoms with Gasteiger partial charge in [-0.15, -0.1) is 0 Å². The molecule has 90 valence electrons. The lowest BCUT2D eigenvalue weighted by molar-refractivity contribution is 0.476. The Morgan fingerprint density at radius 2 is 1.82 bits per heavy atom. The van der Waals surface area contributed by atoms with E-state index in [1.807, 2.05) is 12.1 Å². The summed E-state index contributed by atoms with van der Waals surface area (Å²) in [4.78, 5) is 0. The highest BCUT2D eigenvalue weighted by Gasteiger charge is 2.06. The van der Waals surface area contributed by atoms with Gasteiger partial charge in [0.1, 0.15) is 5.75 Å². The number of hydrogen-bond donors (Lipinski definition) is 2. The maximum atomic E-state index is 9.40. The van der Waals surface area contributed by atoms with Crippen LogP contribution in [-0.4, -0.2) is 5.11 Å². The zero-order valence-corrected chi connectivity index (χ0v) is 10.2. The summed E-state index contributed by atoms with van der Waals surface area (Å²) in [6, 6.07) is 11.7. The summed E-state index contributed by atoms with van der Waals surface area (Å²) in [5.41, 5.74) is 7.33. The average Bonchev–Trinajstić information content (AvgIpc) is 2.35. The molecule has 0 unspecified atom stereocenters. The van der Waals surface area contributed by atoms with Crippen molar-refractivity contribution in [2.45, 2.75) is 32.2 Å². The van der Waals surface area contributed by atoms with Crippen LogP contribution in [0.25, 0.3) is 10.8 Å². The van der Waals surface area contributed by atoms with Gasteiger partial charge < -0.3 is 10.8 Å². The van der Waals surface area contributed by atoms with Crippen LogP contribution < -0.4 is 5.73 Å². The summed E-state index contributed by atoms with van der Waals surface area (Å²) in [6.45, 7) is 2.18. The monoisotopic (exact) mass is 229 g/mol. The highest BCUT2D eigenvalue weighted by atomic mass is 16.3. The van der Waals surface area contributed by atoms with Crippen molar-refractivity contribution in [3.05, 3.63) is 42.0 Å². The first kappa shape index (κ1) is 11.9. The van der Waals surface area contributed by atoms with Crippen LogP contribution in [0.15, 0.2) is 36.4 Å². The second-order valence-corrected chi connectivity index (χ2v) is 4.54. The lowest BCUT2D eigenvalue weighted by atomic mass is 9.99. The van der Waals surface area contributed by atoms with Crippen molar-refractivity contribution >= 4 is 10.8 Å². The maximum absolute atomic E-state index is 9.40. The average molecular weight is 229 g/mol. The fourth-order valence-electron chi connectivity index (χ4n) is 2.07. The van der Waals surface area contributed by atoms with Crippen LogP contribution in [0.5, 0.6) is 5.75 Å². The number of aromatic hydroxyl groups is 1. The van der Waals surface area contributed by atoms with Crippen molar-refractivity contribution in [1.82, 2.24) is 0 Å². The molecule has 2 nitrogen and oxygen atoms in total. The molecule has 2 aromatic carbocycles. The van der Waals surface area contributed by atoms with Gasteiger partial charge >= 0.3 is 0 Å². The van der Waals surface area contributed by atoms with Gasteiger partial charge in [0.05, 0.1) is 0 Å². The quantitative estimate of drug-likeness (QED) is 0.839. The van der Waals surface area contributed by atoms with Crippen LogP contribution in [0.2, 0.25) is 0 Å². The van der Waals surface area contributed by atoms with Crippen LogP contribution in [0.4, 0.5) is 0 Å². The highest BCUT2D eigenvalue weighted by Crippen LogP contribution is 2.24. The molecule has 0 bridgehead atoms. The van der Waals surface area contributed by atoms with E-state index in [0.29, 0.717) is 5.75 Å². The predicted molar refractivity (Wildman–Crippen MR) is 72.1 cm³/mol. The van der Waals surface area contributed by atoms with Gasteiger partial charge in [-0.1, -0.05) is 38.0 Å². The highest BCUT2D eigenvalue weighted by molar-refractivity contribution is 5.84. The molecule has 2 aromatic rings. The van der Waals surface area contributed by atoms with E-state index in [2.05, 4.69) is 19.1 Å². The molecule has 0 aliphatic heterocycles. The number of phenolic OH excluding ortho intramolecular Hbond substituents is 1. The Morgan fingerprint density at radius 1 is 1.12 bits per heavy atom. The second-order valence-electron chi connectivity index (χ2n) is 4.54. The van der Waals surface area contributed by atoms with Gasteiger partial charge in [-0.2, -0.15) is 0 Å². The molecule has 0 saturated heterocycles. The number of rotatable bonds is 4. The van der Waals surface area contributed by atoms with Crippen LogP contribution in [0.3, 0.4) is 0 Å². The molecule has 0 radical (unpaired) electrons. The van der Waals surface area contributed by atoms with Gasteiger partial charge in [-0.25, -0.2) is 0 Å². The molecular formula is C15H19NO. The van der Waals surface area contributed by atoms with Crippen molar-refractivity contribution in [2.75, 3.05) is 0 Å². The molecule has 3 N–H and O–H groups in total. The zero-order valence-electron chi connectivity index (χ0n) is 10.2. The van der Waals surface area contributed by atoms with Crippen molar-refractivity contribution < 1.29 is 5.11 Å². The number of phenols is 1. The lowest BCUT2D eigenvalue weighted by Gasteiger charge is -2.12. The Bertz CT molecular complexity index is 507. The van der Waals surface area contributed by atoms with E-state index in [-0.39, 0.29) is 6.04 Å². The maximum Gasteiger partial charge on any atom is 0.116 e. The van der Waals surface area contributed by atoms with Crippen LogP contribution >= 0.6 is 0 Å². The van der Waals surface area contributed by atoms with Crippen molar-refractivity contribution in [2.24, 2.45) is 5.73 Å². The summed E-state index contributed by atoms with van der Waals surface area (Å²) >= 11 is 0. The number of fused-ring (bicyclic) bond motifs is 1. The molecule has 0 spiro atoms. The summed E-state index contributed by atoms with van der Waals surface area (Å²) in [5, 5.41) is 11.6. The molecule has 2 heteroatoms. The van der Waals surface area contributed by atoms with Crippen molar-refractivity contribution in [3.63, 3.8) is 0 Å². The van der Waals surface area contributed by atoms with E-state index < -0.39 is 0 Å². The summed E-state index contributed by atoms with van der Waals surface area (Å²) in [6.07, 6.45) is 3.37. The molecular weight excluding hydrogens is 210 g/mol. The molecule has 0 aliphatic carbocycles. The Morgan fingerprint density at radius 3 is 2.59 bits per heavy atom. The van der Waals surface area contributed by atoms with E-state index in [0.717, 1.165) is 23.6 Å². The number of benzene rings is 2. The molecule has 0 saturated carbocycles. The summed E-state index contributed by atoms with van der Waals surface area (Å²) in [7, 11) is 0. The van der Waals surface area contributed by atoms with Gasteiger partial charge in [0, 0.05) is 6.04 Å². The largest absolute Gasteiger partial charge is 0.508 e. The fraction of sp³-hybridized carbons (Fsp3) is 0.333. The van der Waals surface area contributed by atoms with E-state index in [9.17, 15) is 5.11 Å². The second kappa shape index (κ2) is 5.19. The van der Waals surface area contributed by atoms with Gasteiger partial charge in [0.15, 0.2) is 0 Å². The minimum Gasteiger partial charge on any atom is -0.508 e. The third-order valence-electron chi connectivity index (χ3n) is 3.14. The number of hydrogen-bond acceptors (Lipinski definition) is 2. The Kier molecular flexibility index (Phi) is 3.64. The molecule has 2 rings (SSSR count). The molecule has 17 heavy (non-hydrogen) atoms. The van der Waals surface area contributed by atoms with E-state index in [1.165, 1.54) is 12.0 Å². The fourth-order valence-corrected chi connectivity index (χ4v) is 2.07. The summed E-state index contributed by atoms with van der Waals surface area (Å²) < 4.78 is 0. The van der Waals surface area contributed by atoms with Crippen LogP contribution in [0, 0.1) is 0 Å².